The fraction of sp³-hybridized carbons (Fsp3) is 0.412. The maximum atomic E-state index is 12.4. The van der Waals surface area contributed by atoms with Crippen LogP contribution >= 0.6 is 11.3 Å². The fourth-order valence-corrected chi connectivity index (χ4v) is 3.53. The second-order valence-electron chi connectivity index (χ2n) is 5.79. The van der Waals surface area contributed by atoms with Crippen molar-refractivity contribution in [2.45, 2.75) is 25.8 Å². The van der Waals surface area contributed by atoms with E-state index in [-0.39, 0.29) is 23.8 Å². The highest BCUT2D eigenvalue weighted by atomic mass is 32.1. The molecule has 3 heterocycles. The zero-order valence-electron chi connectivity index (χ0n) is 13.0. The minimum Gasteiger partial charge on any atom is -0.467 e. The van der Waals surface area contributed by atoms with Crippen LogP contribution in [0.3, 0.4) is 0 Å². The van der Waals surface area contributed by atoms with Gasteiger partial charge in [-0.3, -0.25) is 9.59 Å². The van der Waals surface area contributed by atoms with Gasteiger partial charge in [0.1, 0.15) is 5.76 Å². The van der Waals surface area contributed by atoms with E-state index in [1.807, 2.05) is 41.5 Å². The van der Waals surface area contributed by atoms with E-state index < -0.39 is 0 Å². The molecule has 1 atom stereocenters. The first-order valence-corrected chi connectivity index (χ1v) is 8.69. The number of carbonyl (C=O) groups excluding carboxylic acids is 2. The van der Waals surface area contributed by atoms with E-state index in [1.165, 1.54) is 11.3 Å². The van der Waals surface area contributed by atoms with E-state index in [4.69, 9.17) is 4.42 Å². The van der Waals surface area contributed by atoms with Crippen LogP contribution in [-0.2, 0) is 4.79 Å². The number of hydrogen-bond acceptors (Lipinski definition) is 4. The van der Waals surface area contributed by atoms with E-state index in [1.54, 1.807) is 6.26 Å². The Bertz CT molecular complexity index is 643. The summed E-state index contributed by atoms with van der Waals surface area (Å²) in [6.45, 7) is 3.17. The number of nitrogens with one attached hydrogen (secondary N) is 1. The van der Waals surface area contributed by atoms with Gasteiger partial charge < -0.3 is 14.6 Å². The van der Waals surface area contributed by atoms with Gasteiger partial charge in [0.15, 0.2) is 0 Å². The molecule has 6 heteroatoms. The van der Waals surface area contributed by atoms with Crippen molar-refractivity contribution in [3.63, 3.8) is 0 Å². The molecule has 1 saturated heterocycles. The predicted octanol–water partition coefficient (Wildman–Crippen LogP) is 3.07. The lowest BCUT2D eigenvalue weighted by atomic mass is 9.95. The van der Waals surface area contributed by atoms with Crippen LogP contribution in [0, 0.1) is 5.92 Å². The predicted molar refractivity (Wildman–Crippen MR) is 88.2 cm³/mol. The third-order valence-electron chi connectivity index (χ3n) is 4.21. The van der Waals surface area contributed by atoms with Gasteiger partial charge in [0, 0.05) is 19.0 Å². The fourth-order valence-electron chi connectivity index (χ4n) is 2.84. The first-order valence-electron chi connectivity index (χ1n) is 7.81. The molecule has 2 aromatic rings. The summed E-state index contributed by atoms with van der Waals surface area (Å²) in [6, 6.07) is 7.26. The van der Waals surface area contributed by atoms with E-state index in [2.05, 4.69) is 5.32 Å². The van der Waals surface area contributed by atoms with E-state index in [0.29, 0.717) is 25.9 Å². The topological polar surface area (TPSA) is 62.6 Å². The van der Waals surface area contributed by atoms with Crippen molar-refractivity contribution < 1.29 is 14.0 Å². The Morgan fingerprint density at radius 2 is 2.09 bits per heavy atom. The molecular weight excluding hydrogens is 312 g/mol. The van der Waals surface area contributed by atoms with Gasteiger partial charge in [-0.1, -0.05) is 6.07 Å². The average Bonchev–Trinajstić information content (AvgIpc) is 3.27. The quantitative estimate of drug-likeness (QED) is 0.936. The summed E-state index contributed by atoms with van der Waals surface area (Å²) >= 11 is 1.46. The highest BCUT2D eigenvalue weighted by Gasteiger charge is 2.29. The van der Waals surface area contributed by atoms with Crippen LogP contribution in [0.2, 0.25) is 0 Å². The number of likely N-dealkylation sites (tertiary alicyclic amines) is 1. The molecule has 0 aromatic carbocycles. The maximum Gasteiger partial charge on any atom is 0.263 e. The molecule has 1 aliphatic heterocycles. The molecule has 2 amide bonds. The van der Waals surface area contributed by atoms with E-state index in [0.717, 1.165) is 10.6 Å². The van der Waals surface area contributed by atoms with Crippen molar-refractivity contribution in [2.75, 3.05) is 13.1 Å². The molecule has 0 spiro atoms. The number of amides is 2. The Balaban J connectivity index is 1.50. The van der Waals surface area contributed by atoms with Gasteiger partial charge in [0.25, 0.3) is 5.91 Å². The van der Waals surface area contributed by atoms with Gasteiger partial charge >= 0.3 is 0 Å². The number of thiophene rings is 1. The Labute approximate surface area is 139 Å². The molecule has 5 nitrogen and oxygen atoms in total. The molecular formula is C17H20N2O3S. The number of carbonyl (C=O) groups is 2. The monoisotopic (exact) mass is 332 g/mol. The maximum absolute atomic E-state index is 12.4. The molecule has 0 unspecified atom stereocenters. The summed E-state index contributed by atoms with van der Waals surface area (Å²) in [5.41, 5.74) is 0. The Morgan fingerprint density at radius 3 is 2.70 bits per heavy atom. The van der Waals surface area contributed by atoms with E-state index >= 15 is 0 Å². The third kappa shape index (κ3) is 3.64. The SMILES string of the molecule is C[C@H](NC(=O)C1CCN(C(=O)c2cccs2)CC1)c1ccco1. The van der Waals surface area contributed by atoms with Crippen molar-refractivity contribution >= 4 is 23.2 Å². The van der Waals surface area contributed by atoms with Crippen molar-refractivity contribution in [1.82, 2.24) is 10.2 Å². The second-order valence-corrected chi connectivity index (χ2v) is 6.74. The molecule has 0 saturated carbocycles. The summed E-state index contributed by atoms with van der Waals surface area (Å²) in [5, 5.41) is 4.90. The highest BCUT2D eigenvalue weighted by molar-refractivity contribution is 7.12. The van der Waals surface area contributed by atoms with Crippen LogP contribution in [0.25, 0.3) is 0 Å². The third-order valence-corrected chi connectivity index (χ3v) is 5.07. The molecule has 0 bridgehead atoms. The van der Waals surface area contributed by atoms with Crippen LogP contribution in [0.1, 0.15) is 41.2 Å². The summed E-state index contributed by atoms with van der Waals surface area (Å²) in [6.07, 6.45) is 3.01. The summed E-state index contributed by atoms with van der Waals surface area (Å²) in [5.74, 6) is 0.823. The number of furan rings is 1. The van der Waals surface area contributed by atoms with Gasteiger partial charge in [-0.25, -0.2) is 0 Å². The lowest BCUT2D eigenvalue weighted by Gasteiger charge is -2.31. The first-order chi connectivity index (χ1) is 11.1. The van der Waals surface area contributed by atoms with Gasteiger partial charge in [-0.2, -0.15) is 0 Å². The van der Waals surface area contributed by atoms with Crippen molar-refractivity contribution in [3.05, 3.63) is 46.5 Å². The van der Waals surface area contributed by atoms with Crippen LogP contribution in [0.4, 0.5) is 0 Å². The molecule has 3 rings (SSSR count). The van der Waals surface area contributed by atoms with Crippen LogP contribution in [0.5, 0.6) is 0 Å². The minimum atomic E-state index is -0.136. The molecule has 0 aliphatic carbocycles. The van der Waals surface area contributed by atoms with E-state index in [9.17, 15) is 9.59 Å². The lowest BCUT2D eigenvalue weighted by Crippen LogP contribution is -2.43. The van der Waals surface area contributed by atoms with Crippen molar-refractivity contribution in [1.29, 1.82) is 0 Å². The number of nitrogens with zero attached hydrogens (tertiary/aromatic N) is 1. The molecule has 122 valence electrons. The Morgan fingerprint density at radius 1 is 1.30 bits per heavy atom. The van der Waals surface area contributed by atoms with Crippen LogP contribution in [0.15, 0.2) is 40.3 Å². The minimum absolute atomic E-state index is 0.0390. The normalized spacial score (nSPS) is 17.0. The zero-order chi connectivity index (χ0) is 16.2. The Kier molecular flexibility index (Phi) is 4.81. The Hall–Kier alpha value is -2.08. The summed E-state index contributed by atoms with van der Waals surface area (Å²) in [7, 11) is 0. The van der Waals surface area contributed by atoms with Gasteiger partial charge in [0.05, 0.1) is 17.2 Å². The smallest absolute Gasteiger partial charge is 0.263 e. The molecule has 1 N–H and O–H groups in total. The summed E-state index contributed by atoms with van der Waals surface area (Å²) in [4.78, 5) is 27.3. The van der Waals surface area contributed by atoms with Crippen LogP contribution in [-0.4, -0.2) is 29.8 Å². The zero-order valence-corrected chi connectivity index (χ0v) is 13.8. The number of hydrogen-bond donors (Lipinski definition) is 1. The highest BCUT2D eigenvalue weighted by Crippen LogP contribution is 2.22. The lowest BCUT2D eigenvalue weighted by molar-refractivity contribution is -0.127. The average molecular weight is 332 g/mol. The standard InChI is InChI=1S/C17H20N2O3S/c1-12(14-4-2-10-22-14)18-16(20)13-6-8-19(9-7-13)17(21)15-5-3-11-23-15/h2-5,10-13H,6-9H2,1H3,(H,18,20)/t12-/m0/s1. The molecule has 2 aromatic heterocycles. The van der Waals surface area contributed by atoms with Gasteiger partial charge in [-0.15, -0.1) is 11.3 Å². The van der Waals surface area contributed by atoms with Crippen molar-refractivity contribution in [2.24, 2.45) is 5.92 Å². The molecule has 1 fully saturated rings. The van der Waals surface area contributed by atoms with Crippen LogP contribution < -0.4 is 5.32 Å². The van der Waals surface area contributed by atoms with Crippen molar-refractivity contribution in [3.8, 4) is 0 Å². The molecule has 1 aliphatic rings. The number of piperidine rings is 1. The molecule has 23 heavy (non-hydrogen) atoms. The largest absolute Gasteiger partial charge is 0.467 e. The first kappa shape index (κ1) is 15.8. The van der Waals surface area contributed by atoms with Gasteiger partial charge in [0.2, 0.25) is 5.91 Å². The number of rotatable bonds is 4. The summed E-state index contributed by atoms with van der Waals surface area (Å²) < 4.78 is 5.31. The second kappa shape index (κ2) is 7.00. The van der Waals surface area contributed by atoms with Gasteiger partial charge in [-0.05, 0) is 43.3 Å². The molecule has 0 radical (unpaired) electrons.